The van der Waals surface area contributed by atoms with Gasteiger partial charge in [-0.25, -0.2) is 13.1 Å². The molecule has 0 amide bonds. The zero-order chi connectivity index (χ0) is 13.8. The first-order valence-electron chi connectivity index (χ1n) is 6.28. The molecule has 1 rings (SSSR count). The Labute approximate surface area is 115 Å². The van der Waals surface area contributed by atoms with Gasteiger partial charge in [-0.15, -0.1) is 0 Å². The fourth-order valence-electron chi connectivity index (χ4n) is 2.15. The molecule has 0 saturated carbocycles. The number of nitrogens with two attached hydrogens (primary N) is 1. The molecule has 0 spiro atoms. The molecule has 18 heavy (non-hydrogen) atoms. The summed E-state index contributed by atoms with van der Waals surface area (Å²) in [5.41, 5.74) is 4.87. The number of hydrogen-bond acceptors (Lipinski definition) is 4. The van der Waals surface area contributed by atoms with E-state index in [-0.39, 0.29) is 16.8 Å². The van der Waals surface area contributed by atoms with Crippen LogP contribution in [0.25, 0.3) is 0 Å². The van der Waals surface area contributed by atoms with Crippen molar-refractivity contribution in [2.45, 2.75) is 51.2 Å². The Bertz CT molecular complexity index is 385. The highest BCUT2D eigenvalue weighted by atomic mass is 32.2. The molecule has 7 heteroatoms. The summed E-state index contributed by atoms with van der Waals surface area (Å²) in [5.74, 6) is -0.0165. The predicted octanol–water partition coefficient (Wildman–Crippen LogP) is 0.930. The second kappa shape index (κ2) is 6.27. The molecule has 0 radical (unpaired) electrons. The number of rotatable bonds is 7. The summed E-state index contributed by atoms with van der Waals surface area (Å²) in [5, 5.41) is 0. The van der Waals surface area contributed by atoms with Crippen LogP contribution >= 0.6 is 12.2 Å². The average Bonchev–Trinajstić information content (AvgIpc) is 2.77. The smallest absolute Gasteiger partial charge is 0.215 e. The summed E-state index contributed by atoms with van der Waals surface area (Å²) in [6.45, 7) is 4.39. The Kier molecular flexibility index (Phi) is 5.51. The number of nitrogens with one attached hydrogen (secondary N) is 1. The number of hydrogen-bond donors (Lipinski definition) is 2. The van der Waals surface area contributed by atoms with Crippen LogP contribution in [0.2, 0.25) is 0 Å². The molecule has 0 bridgehead atoms. The van der Waals surface area contributed by atoms with Crippen molar-refractivity contribution in [3.8, 4) is 0 Å². The molecule has 0 aliphatic carbocycles. The van der Waals surface area contributed by atoms with Crippen molar-refractivity contribution in [2.24, 2.45) is 5.73 Å². The van der Waals surface area contributed by atoms with Gasteiger partial charge in [-0.3, -0.25) is 0 Å². The van der Waals surface area contributed by atoms with Gasteiger partial charge in [0.25, 0.3) is 0 Å². The predicted molar refractivity (Wildman–Crippen MR) is 76.0 cm³/mol. The highest BCUT2D eigenvalue weighted by Gasteiger charge is 2.35. The van der Waals surface area contributed by atoms with E-state index < -0.39 is 15.6 Å². The van der Waals surface area contributed by atoms with Gasteiger partial charge >= 0.3 is 0 Å². The SMILES string of the molecule is CCC(CC)(NS(=O)(=O)CC1CCCO1)C(N)=S. The van der Waals surface area contributed by atoms with Gasteiger partial charge in [0, 0.05) is 6.61 Å². The van der Waals surface area contributed by atoms with Crippen LogP contribution in [-0.2, 0) is 14.8 Å². The van der Waals surface area contributed by atoms with Gasteiger partial charge in [0.1, 0.15) is 0 Å². The lowest BCUT2D eigenvalue weighted by atomic mass is 9.94. The summed E-state index contributed by atoms with van der Waals surface area (Å²) in [4.78, 5) is 0.198. The van der Waals surface area contributed by atoms with Crippen molar-refractivity contribution in [2.75, 3.05) is 12.4 Å². The average molecular weight is 294 g/mol. The Balaban J connectivity index is 2.75. The standard InChI is InChI=1S/C11H22N2O3S2/c1-3-11(4-2,10(12)17)13-18(14,15)8-9-6-5-7-16-9/h9,13H,3-8H2,1-2H3,(H2,12,17). The van der Waals surface area contributed by atoms with Crippen LogP contribution in [0, 0.1) is 0 Å². The van der Waals surface area contributed by atoms with E-state index in [1.807, 2.05) is 13.8 Å². The second-order valence-corrected chi connectivity index (χ2v) is 6.88. The molecule has 106 valence electrons. The van der Waals surface area contributed by atoms with E-state index in [9.17, 15) is 8.42 Å². The van der Waals surface area contributed by atoms with Crippen LogP contribution in [0.4, 0.5) is 0 Å². The number of ether oxygens (including phenoxy) is 1. The van der Waals surface area contributed by atoms with Crippen molar-refractivity contribution < 1.29 is 13.2 Å². The van der Waals surface area contributed by atoms with Crippen molar-refractivity contribution in [3.05, 3.63) is 0 Å². The Morgan fingerprint density at radius 1 is 1.50 bits per heavy atom. The Morgan fingerprint density at radius 3 is 2.50 bits per heavy atom. The molecule has 1 aliphatic rings. The highest BCUT2D eigenvalue weighted by molar-refractivity contribution is 7.89. The molecule has 1 heterocycles. The van der Waals surface area contributed by atoms with E-state index >= 15 is 0 Å². The molecule has 1 unspecified atom stereocenters. The maximum atomic E-state index is 12.1. The number of thiocarbonyl (C=S) groups is 1. The van der Waals surface area contributed by atoms with E-state index in [1.54, 1.807) is 0 Å². The third kappa shape index (κ3) is 3.88. The third-order valence-electron chi connectivity index (χ3n) is 3.46. The molecule has 5 nitrogen and oxygen atoms in total. The molecular formula is C11H22N2O3S2. The fraction of sp³-hybridized carbons (Fsp3) is 0.909. The maximum Gasteiger partial charge on any atom is 0.215 e. The topological polar surface area (TPSA) is 81.4 Å². The van der Waals surface area contributed by atoms with Crippen molar-refractivity contribution >= 4 is 27.2 Å². The zero-order valence-electron chi connectivity index (χ0n) is 10.9. The normalized spacial score (nSPS) is 21.1. The fourth-order valence-corrected chi connectivity index (χ4v) is 4.39. The summed E-state index contributed by atoms with van der Waals surface area (Å²) in [6, 6.07) is 0. The van der Waals surface area contributed by atoms with Gasteiger partial charge in [0.05, 0.1) is 22.4 Å². The van der Waals surface area contributed by atoms with Crippen LogP contribution in [-0.4, -0.2) is 37.4 Å². The van der Waals surface area contributed by atoms with Gasteiger partial charge in [-0.2, -0.15) is 0 Å². The molecule has 1 atom stereocenters. The monoisotopic (exact) mass is 294 g/mol. The second-order valence-electron chi connectivity index (χ2n) is 4.67. The minimum atomic E-state index is -3.43. The largest absolute Gasteiger partial charge is 0.392 e. The lowest BCUT2D eigenvalue weighted by Crippen LogP contribution is -2.56. The molecule has 1 aliphatic heterocycles. The van der Waals surface area contributed by atoms with E-state index in [1.165, 1.54) is 0 Å². The van der Waals surface area contributed by atoms with E-state index in [4.69, 9.17) is 22.7 Å². The summed E-state index contributed by atoms with van der Waals surface area (Å²) in [7, 11) is -3.43. The minimum Gasteiger partial charge on any atom is -0.392 e. The maximum absolute atomic E-state index is 12.1. The lowest BCUT2D eigenvalue weighted by Gasteiger charge is -2.31. The molecule has 1 fully saturated rings. The summed E-state index contributed by atoms with van der Waals surface area (Å²) >= 11 is 5.00. The van der Waals surface area contributed by atoms with Gasteiger partial charge in [-0.05, 0) is 25.7 Å². The van der Waals surface area contributed by atoms with E-state index in [2.05, 4.69) is 4.72 Å². The van der Waals surface area contributed by atoms with Crippen molar-refractivity contribution in [1.29, 1.82) is 0 Å². The van der Waals surface area contributed by atoms with Crippen LogP contribution in [0.5, 0.6) is 0 Å². The molecule has 0 aromatic rings. The molecule has 3 N–H and O–H groups in total. The van der Waals surface area contributed by atoms with Gasteiger partial charge in [0.15, 0.2) is 0 Å². The van der Waals surface area contributed by atoms with Crippen LogP contribution in [0.1, 0.15) is 39.5 Å². The molecule has 0 aromatic heterocycles. The molecular weight excluding hydrogens is 272 g/mol. The molecule has 1 saturated heterocycles. The first-order valence-corrected chi connectivity index (χ1v) is 8.34. The van der Waals surface area contributed by atoms with Gasteiger partial charge < -0.3 is 10.5 Å². The van der Waals surface area contributed by atoms with E-state index in [0.717, 1.165) is 12.8 Å². The van der Waals surface area contributed by atoms with Gasteiger partial charge in [0.2, 0.25) is 10.0 Å². The first-order chi connectivity index (χ1) is 8.35. The quantitative estimate of drug-likeness (QED) is 0.683. The first kappa shape index (κ1) is 15.8. The van der Waals surface area contributed by atoms with Crippen molar-refractivity contribution in [1.82, 2.24) is 4.72 Å². The minimum absolute atomic E-state index is 0.0165. The Morgan fingerprint density at radius 2 is 2.11 bits per heavy atom. The number of sulfonamides is 1. The Hall–Kier alpha value is -0.240. The van der Waals surface area contributed by atoms with Gasteiger partial charge in [-0.1, -0.05) is 26.1 Å². The van der Waals surface area contributed by atoms with Crippen LogP contribution in [0.15, 0.2) is 0 Å². The summed E-state index contributed by atoms with van der Waals surface area (Å²) in [6.07, 6.45) is 2.59. The van der Waals surface area contributed by atoms with E-state index in [0.29, 0.717) is 19.4 Å². The lowest BCUT2D eigenvalue weighted by molar-refractivity contribution is 0.127. The van der Waals surface area contributed by atoms with Crippen LogP contribution in [0.3, 0.4) is 0 Å². The van der Waals surface area contributed by atoms with Crippen LogP contribution < -0.4 is 10.5 Å². The zero-order valence-corrected chi connectivity index (χ0v) is 12.6. The highest BCUT2D eigenvalue weighted by Crippen LogP contribution is 2.19. The molecule has 0 aromatic carbocycles. The van der Waals surface area contributed by atoms with Crippen molar-refractivity contribution in [3.63, 3.8) is 0 Å². The third-order valence-corrected chi connectivity index (χ3v) is 5.36. The summed E-state index contributed by atoms with van der Waals surface area (Å²) < 4.78 is 32.2.